The van der Waals surface area contributed by atoms with E-state index in [2.05, 4.69) is 13.0 Å². The molecule has 2 nitrogen and oxygen atoms in total. The van der Waals surface area contributed by atoms with Crippen molar-refractivity contribution in [3.8, 4) is 0 Å². The number of Topliss-reactive ketones (excluding diaryl/α,β-unsaturated/α-hetero) is 1. The summed E-state index contributed by atoms with van der Waals surface area (Å²) in [4.78, 5) is 11.5. The molecule has 2 heteroatoms. The van der Waals surface area contributed by atoms with E-state index in [0.29, 0.717) is 18.1 Å². The zero-order chi connectivity index (χ0) is 8.55. The predicted octanol–water partition coefficient (Wildman–Crippen LogP) is 1.56. The summed E-state index contributed by atoms with van der Waals surface area (Å²) < 4.78 is 5.31. The van der Waals surface area contributed by atoms with Gasteiger partial charge in [0.15, 0.2) is 0 Å². The minimum atomic E-state index is 0.179. The summed E-state index contributed by atoms with van der Waals surface area (Å²) >= 11 is 0. The van der Waals surface area contributed by atoms with E-state index in [9.17, 15) is 4.79 Å². The van der Waals surface area contributed by atoms with Crippen LogP contribution in [-0.2, 0) is 9.53 Å². The Bertz CT molecular complexity index is 230. The maximum Gasteiger partial charge on any atom is 0.140 e. The molecule has 2 aliphatic rings. The van der Waals surface area contributed by atoms with Gasteiger partial charge in [0.05, 0.1) is 13.2 Å². The third kappa shape index (κ3) is 1.20. The van der Waals surface area contributed by atoms with Crippen LogP contribution in [0.1, 0.15) is 19.8 Å². The van der Waals surface area contributed by atoms with Crippen LogP contribution < -0.4 is 0 Å². The van der Waals surface area contributed by atoms with E-state index in [0.717, 1.165) is 19.6 Å². The minimum Gasteiger partial charge on any atom is -0.376 e. The fourth-order valence-electron chi connectivity index (χ4n) is 2.01. The summed E-state index contributed by atoms with van der Waals surface area (Å²) in [7, 11) is 0. The molecule has 1 saturated heterocycles. The van der Waals surface area contributed by atoms with Gasteiger partial charge >= 0.3 is 0 Å². The highest BCUT2D eigenvalue weighted by molar-refractivity contribution is 5.84. The topological polar surface area (TPSA) is 26.3 Å². The second kappa shape index (κ2) is 3.02. The molecule has 12 heavy (non-hydrogen) atoms. The fraction of sp³-hybridized carbons (Fsp3) is 0.700. The van der Waals surface area contributed by atoms with Gasteiger partial charge in [0, 0.05) is 18.3 Å². The maximum absolute atomic E-state index is 11.5. The van der Waals surface area contributed by atoms with Gasteiger partial charge < -0.3 is 4.74 Å². The van der Waals surface area contributed by atoms with Crippen LogP contribution in [0.2, 0.25) is 0 Å². The molecule has 2 rings (SSSR count). The Morgan fingerprint density at radius 1 is 1.67 bits per heavy atom. The van der Waals surface area contributed by atoms with Crippen LogP contribution >= 0.6 is 0 Å². The number of carbonyl (C=O) groups is 1. The van der Waals surface area contributed by atoms with Crippen LogP contribution in [0.15, 0.2) is 11.6 Å². The van der Waals surface area contributed by atoms with Crippen molar-refractivity contribution in [1.82, 2.24) is 0 Å². The number of hydrogen-bond donors (Lipinski definition) is 0. The van der Waals surface area contributed by atoms with E-state index < -0.39 is 0 Å². The zero-order valence-corrected chi connectivity index (χ0v) is 7.38. The molecule has 0 spiro atoms. The minimum absolute atomic E-state index is 0.179. The number of fused-ring (bicyclic) bond motifs is 1. The van der Waals surface area contributed by atoms with Gasteiger partial charge in [0.1, 0.15) is 5.78 Å². The smallest absolute Gasteiger partial charge is 0.140 e. The first-order valence-electron chi connectivity index (χ1n) is 4.62. The number of allylic oxidation sites excluding steroid dienone is 1. The maximum atomic E-state index is 11.5. The monoisotopic (exact) mass is 166 g/mol. The van der Waals surface area contributed by atoms with E-state index in [1.54, 1.807) is 0 Å². The first-order valence-corrected chi connectivity index (χ1v) is 4.62. The molecule has 0 bridgehead atoms. The number of ether oxygens (including phenoxy) is 1. The summed E-state index contributed by atoms with van der Waals surface area (Å²) in [6.07, 6.45) is 3.78. The van der Waals surface area contributed by atoms with Crippen LogP contribution in [0.5, 0.6) is 0 Å². The molecule has 2 atom stereocenters. The van der Waals surface area contributed by atoms with Crippen molar-refractivity contribution in [2.75, 3.05) is 13.2 Å². The molecule has 0 unspecified atom stereocenters. The second-order valence-corrected chi connectivity index (χ2v) is 3.64. The van der Waals surface area contributed by atoms with Crippen LogP contribution in [-0.4, -0.2) is 19.0 Å². The summed E-state index contributed by atoms with van der Waals surface area (Å²) in [5, 5.41) is 0. The average Bonchev–Trinajstić information content (AvgIpc) is 2.49. The summed E-state index contributed by atoms with van der Waals surface area (Å²) in [6.45, 7) is 3.58. The van der Waals surface area contributed by atoms with Gasteiger partial charge in [-0.2, -0.15) is 0 Å². The third-order valence-corrected chi connectivity index (χ3v) is 2.83. The van der Waals surface area contributed by atoms with Crippen molar-refractivity contribution >= 4 is 5.78 Å². The van der Waals surface area contributed by atoms with Gasteiger partial charge in [-0.15, -0.1) is 0 Å². The molecular formula is C10H14O2. The molecule has 1 aliphatic carbocycles. The lowest BCUT2D eigenvalue weighted by Crippen LogP contribution is -2.22. The van der Waals surface area contributed by atoms with Crippen molar-refractivity contribution in [2.24, 2.45) is 11.8 Å². The molecule has 0 amide bonds. The van der Waals surface area contributed by atoms with Crippen LogP contribution in [0, 0.1) is 11.8 Å². The molecule has 0 aromatic rings. The van der Waals surface area contributed by atoms with Crippen LogP contribution in [0.4, 0.5) is 0 Å². The van der Waals surface area contributed by atoms with E-state index in [1.807, 2.05) is 0 Å². The first-order chi connectivity index (χ1) is 5.81. The highest BCUT2D eigenvalue weighted by Gasteiger charge is 2.31. The van der Waals surface area contributed by atoms with Crippen molar-refractivity contribution in [3.63, 3.8) is 0 Å². The van der Waals surface area contributed by atoms with Crippen LogP contribution in [0.3, 0.4) is 0 Å². The normalized spacial score (nSPS) is 34.8. The summed E-state index contributed by atoms with van der Waals surface area (Å²) in [5.41, 5.74) is 1.36. The van der Waals surface area contributed by atoms with Gasteiger partial charge in [0.2, 0.25) is 0 Å². The Morgan fingerprint density at radius 3 is 3.25 bits per heavy atom. The highest BCUT2D eigenvalue weighted by Crippen LogP contribution is 2.31. The largest absolute Gasteiger partial charge is 0.376 e. The molecule has 1 heterocycles. The molecule has 0 N–H and O–H groups in total. The standard InChI is InChI=1S/C10H14O2/c1-2-7-3-8-5-12-6-9(8)4-10(7)11/h3,7,9H,2,4-6H2,1H3/t7-,9+/m1/s1. The molecule has 66 valence electrons. The van der Waals surface area contributed by atoms with E-state index in [-0.39, 0.29) is 5.92 Å². The quantitative estimate of drug-likeness (QED) is 0.552. The first kappa shape index (κ1) is 7.99. The van der Waals surface area contributed by atoms with Gasteiger partial charge in [0.25, 0.3) is 0 Å². The Kier molecular flexibility index (Phi) is 2.01. The lowest BCUT2D eigenvalue weighted by Gasteiger charge is -2.20. The van der Waals surface area contributed by atoms with Crippen molar-refractivity contribution in [2.45, 2.75) is 19.8 Å². The zero-order valence-electron chi connectivity index (χ0n) is 7.38. The lowest BCUT2D eigenvalue weighted by molar-refractivity contribution is -0.122. The average molecular weight is 166 g/mol. The number of rotatable bonds is 1. The van der Waals surface area contributed by atoms with Crippen molar-refractivity contribution in [1.29, 1.82) is 0 Å². The van der Waals surface area contributed by atoms with Gasteiger partial charge in [-0.25, -0.2) is 0 Å². The van der Waals surface area contributed by atoms with E-state index in [1.165, 1.54) is 5.57 Å². The fourth-order valence-corrected chi connectivity index (χ4v) is 2.01. The molecule has 1 aliphatic heterocycles. The van der Waals surface area contributed by atoms with Crippen LogP contribution in [0.25, 0.3) is 0 Å². The second-order valence-electron chi connectivity index (χ2n) is 3.64. The van der Waals surface area contributed by atoms with Gasteiger partial charge in [-0.1, -0.05) is 13.0 Å². The molecule has 0 aromatic carbocycles. The molecule has 1 fully saturated rings. The van der Waals surface area contributed by atoms with E-state index in [4.69, 9.17) is 4.74 Å². The van der Waals surface area contributed by atoms with Gasteiger partial charge in [-0.3, -0.25) is 4.79 Å². The SMILES string of the molecule is CC[C@@H]1C=C2COC[C@@H]2CC1=O. The number of ketones is 1. The lowest BCUT2D eigenvalue weighted by atomic mass is 9.82. The summed E-state index contributed by atoms with van der Waals surface area (Å²) in [5.74, 6) is 0.995. The Balaban J connectivity index is 2.20. The Labute approximate surface area is 72.6 Å². The van der Waals surface area contributed by atoms with Crippen molar-refractivity contribution < 1.29 is 9.53 Å². The molecule has 0 aromatic heterocycles. The predicted molar refractivity (Wildman–Crippen MR) is 45.8 cm³/mol. The third-order valence-electron chi connectivity index (χ3n) is 2.83. The molecular weight excluding hydrogens is 152 g/mol. The van der Waals surface area contributed by atoms with Gasteiger partial charge in [-0.05, 0) is 12.0 Å². The number of hydrogen-bond acceptors (Lipinski definition) is 2. The Hall–Kier alpha value is -0.630. The molecule has 0 saturated carbocycles. The summed E-state index contributed by atoms with van der Waals surface area (Å²) in [6, 6.07) is 0. The van der Waals surface area contributed by atoms with E-state index >= 15 is 0 Å². The molecule has 0 radical (unpaired) electrons. The number of carbonyl (C=O) groups excluding carboxylic acids is 1. The van der Waals surface area contributed by atoms with Crippen molar-refractivity contribution in [3.05, 3.63) is 11.6 Å². The highest BCUT2D eigenvalue weighted by atomic mass is 16.5. The Morgan fingerprint density at radius 2 is 2.50 bits per heavy atom.